The number of guanidine groups is 1. The molecule has 1 aliphatic rings. The van der Waals surface area contributed by atoms with Gasteiger partial charge in [0.1, 0.15) is 0 Å². The molecule has 0 bridgehead atoms. The van der Waals surface area contributed by atoms with Crippen molar-refractivity contribution >= 4 is 17.3 Å². The quantitative estimate of drug-likeness (QED) is 0.498. The number of rotatable bonds is 6. The smallest absolute Gasteiger partial charge is 0.194 e. The maximum Gasteiger partial charge on any atom is 0.194 e. The Hall–Kier alpha value is -1.36. The van der Waals surface area contributed by atoms with Crippen molar-refractivity contribution in [2.75, 3.05) is 20.1 Å². The normalized spacial score (nSPS) is 15.2. The van der Waals surface area contributed by atoms with Crippen molar-refractivity contribution in [1.82, 2.24) is 15.2 Å². The number of hydrogen-bond donors (Lipinski definition) is 1. The van der Waals surface area contributed by atoms with Crippen molar-refractivity contribution < 1.29 is 0 Å². The van der Waals surface area contributed by atoms with Gasteiger partial charge in [-0.05, 0) is 39.5 Å². The lowest BCUT2D eigenvalue weighted by Crippen LogP contribution is -2.38. The molecule has 0 aromatic carbocycles. The molecule has 0 atom stereocenters. The zero-order chi connectivity index (χ0) is 15.1. The highest BCUT2D eigenvalue weighted by atomic mass is 32.1. The van der Waals surface area contributed by atoms with Crippen LogP contribution in [0.4, 0.5) is 0 Å². The van der Waals surface area contributed by atoms with Crippen LogP contribution in [-0.4, -0.2) is 36.0 Å². The zero-order valence-electron chi connectivity index (χ0n) is 13.4. The molecule has 1 N–H and O–H groups in total. The molecule has 1 aromatic rings. The van der Waals surface area contributed by atoms with Crippen molar-refractivity contribution in [2.45, 2.75) is 46.1 Å². The molecule has 0 radical (unpaired) electrons. The van der Waals surface area contributed by atoms with Crippen molar-refractivity contribution in [2.24, 2.45) is 4.99 Å². The van der Waals surface area contributed by atoms with Gasteiger partial charge in [-0.3, -0.25) is 4.99 Å². The van der Waals surface area contributed by atoms with E-state index in [1.54, 1.807) is 16.9 Å². The monoisotopic (exact) mass is 306 g/mol. The third kappa shape index (κ3) is 5.16. The molecular weight excluding hydrogens is 280 g/mol. The van der Waals surface area contributed by atoms with E-state index in [1.165, 1.54) is 19.3 Å². The van der Waals surface area contributed by atoms with Crippen LogP contribution in [0, 0.1) is 6.92 Å². The van der Waals surface area contributed by atoms with Gasteiger partial charge in [0.25, 0.3) is 0 Å². The summed E-state index contributed by atoms with van der Waals surface area (Å²) < 4.78 is 0. The van der Waals surface area contributed by atoms with Crippen molar-refractivity contribution in [1.29, 1.82) is 0 Å². The molecule has 0 spiro atoms. The minimum atomic E-state index is 0.804. The van der Waals surface area contributed by atoms with Crippen LogP contribution in [0.1, 0.15) is 43.3 Å². The first-order chi connectivity index (χ1) is 10.2. The molecule has 0 amide bonds. The van der Waals surface area contributed by atoms with Gasteiger partial charge in [0.15, 0.2) is 5.96 Å². The van der Waals surface area contributed by atoms with Gasteiger partial charge in [-0.25, -0.2) is 4.98 Å². The molecule has 1 aliphatic carbocycles. The summed E-state index contributed by atoms with van der Waals surface area (Å²) in [6.07, 6.45) is 7.31. The van der Waals surface area contributed by atoms with Crippen molar-refractivity contribution in [3.05, 3.63) is 27.7 Å². The molecule has 5 heteroatoms. The molecule has 1 aromatic heterocycles. The first kappa shape index (κ1) is 16.0. The molecule has 4 nitrogen and oxygen atoms in total. The van der Waals surface area contributed by atoms with Crippen LogP contribution >= 0.6 is 11.3 Å². The second-order valence-electron chi connectivity index (χ2n) is 5.45. The molecule has 2 rings (SSSR count). The van der Waals surface area contributed by atoms with E-state index in [9.17, 15) is 0 Å². The first-order valence-corrected chi connectivity index (χ1v) is 8.65. The second kappa shape index (κ2) is 8.17. The fourth-order valence-corrected chi connectivity index (χ4v) is 3.14. The van der Waals surface area contributed by atoms with Gasteiger partial charge in [0.05, 0.1) is 17.2 Å². The maximum absolute atomic E-state index is 4.75. The summed E-state index contributed by atoms with van der Waals surface area (Å²) in [6.45, 7) is 6.72. The average Bonchev–Trinajstić information content (AvgIpc) is 3.10. The number of hydrogen-bond acceptors (Lipinski definition) is 3. The molecule has 1 heterocycles. The van der Waals surface area contributed by atoms with Gasteiger partial charge in [-0.15, -0.1) is 11.3 Å². The third-order valence-corrected chi connectivity index (χ3v) is 4.41. The van der Waals surface area contributed by atoms with Crippen LogP contribution in [0.3, 0.4) is 0 Å². The molecule has 0 saturated carbocycles. The van der Waals surface area contributed by atoms with Crippen LogP contribution in [0.25, 0.3) is 0 Å². The van der Waals surface area contributed by atoms with E-state index in [1.807, 2.05) is 6.92 Å². The summed E-state index contributed by atoms with van der Waals surface area (Å²) >= 11 is 1.70. The highest BCUT2D eigenvalue weighted by Gasteiger charge is 2.09. The fourth-order valence-electron chi connectivity index (χ4n) is 2.54. The summed E-state index contributed by atoms with van der Waals surface area (Å²) in [4.78, 5) is 11.4. The second-order valence-corrected chi connectivity index (χ2v) is 6.52. The highest BCUT2D eigenvalue weighted by Crippen LogP contribution is 2.20. The molecular formula is C16H26N4S. The highest BCUT2D eigenvalue weighted by molar-refractivity contribution is 7.09. The van der Waals surface area contributed by atoms with Crippen molar-refractivity contribution in [3.8, 4) is 0 Å². The lowest BCUT2D eigenvalue weighted by atomic mass is 10.2. The fraction of sp³-hybridized carbons (Fsp3) is 0.625. The van der Waals surface area contributed by atoms with Crippen LogP contribution in [0.15, 0.2) is 22.0 Å². The van der Waals surface area contributed by atoms with Crippen LogP contribution in [-0.2, 0) is 6.54 Å². The minimum Gasteiger partial charge on any atom is -0.357 e. The Bertz CT molecular complexity index is 504. The van der Waals surface area contributed by atoms with E-state index in [-0.39, 0.29) is 0 Å². The Labute approximate surface area is 132 Å². The number of aryl methyl sites for hydroxylation is 1. The predicted molar refractivity (Wildman–Crippen MR) is 90.8 cm³/mol. The molecule has 0 unspecified atom stereocenters. The Balaban J connectivity index is 1.89. The molecule has 116 valence electrons. The topological polar surface area (TPSA) is 40.5 Å². The largest absolute Gasteiger partial charge is 0.357 e. The minimum absolute atomic E-state index is 0.804. The standard InChI is InChI=1S/C16H26N4S/c1-4-17-16(18-10-9-14-7-5-6-8-14)20(3)11-15-12-21-13(2)19-15/h7,12H,4-6,8-11H2,1-3H3,(H,17,18). The summed E-state index contributed by atoms with van der Waals surface area (Å²) in [5.74, 6) is 0.974. The summed E-state index contributed by atoms with van der Waals surface area (Å²) in [5, 5.41) is 6.61. The van der Waals surface area contributed by atoms with Crippen LogP contribution in [0.5, 0.6) is 0 Å². The Kier molecular flexibility index (Phi) is 6.23. The van der Waals surface area contributed by atoms with Gasteiger partial charge in [-0.1, -0.05) is 11.6 Å². The Morgan fingerprint density at radius 2 is 2.38 bits per heavy atom. The van der Waals surface area contributed by atoms with E-state index in [0.29, 0.717) is 0 Å². The third-order valence-electron chi connectivity index (χ3n) is 3.59. The van der Waals surface area contributed by atoms with Gasteiger partial charge in [0.2, 0.25) is 0 Å². The number of aromatic nitrogens is 1. The maximum atomic E-state index is 4.75. The van der Waals surface area contributed by atoms with Gasteiger partial charge in [-0.2, -0.15) is 0 Å². The molecule has 21 heavy (non-hydrogen) atoms. The number of thiazole rings is 1. The van der Waals surface area contributed by atoms with E-state index in [4.69, 9.17) is 4.99 Å². The Morgan fingerprint density at radius 3 is 3.00 bits per heavy atom. The van der Waals surface area contributed by atoms with Gasteiger partial charge < -0.3 is 10.2 Å². The number of nitrogens with one attached hydrogen (secondary N) is 1. The molecule has 0 aliphatic heterocycles. The first-order valence-electron chi connectivity index (χ1n) is 7.77. The number of aliphatic imine (C=N–C) groups is 1. The van der Waals surface area contributed by atoms with Crippen molar-refractivity contribution in [3.63, 3.8) is 0 Å². The summed E-state index contributed by atoms with van der Waals surface area (Å²) in [5.41, 5.74) is 2.69. The van der Waals surface area contributed by atoms with E-state index in [2.05, 4.69) is 40.6 Å². The van der Waals surface area contributed by atoms with Crippen LogP contribution in [0.2, 0.25) is 0 Å². The predicted octanol–water partition coefficient (Wildman–Crippen LogP) is 3.35. The average molecular weight is 306 g/mol. The van der Waals surface area contributed by atoms with Crippen LogP contribution < -0.4 is 5.32 Å². The lowest BCUT2D eigenvalue weighted by molar-refractivity contribution is 0.471. The molecule has 0 saturated heterocycles. The number of nitrogens with zero attached hydrogens (tertiary/aromatic N) is 3. The molecule has 0 fully saturated rings. The number of allylic oxidation sites excluding steroid dienone is 1. The zero-order valence-corrected chi connectivity index (χ0v) is 14.2. The van der Waals surface area contributed by atoms with E-state index in [0.717, 1.165) is 42.7 Å². The van der Waals surface area contributed by atoms with E-state index >= 15 is 0 Å². The summed E-state index contributed by atoms with van der Waals surface area (Å²) in [7, 11) is 2.07. The lowest BCUT2D eigenvalue weighted by Gasteiger charge is -2.21. The Morgan fingerprint density at radius 1 is 1.52 bits per heavy atom. The summed E-state index contributed by atoms with van der Waals surface area (Å²) in [6, 6.07) is 0. The van der Waals surface area contributed by atoms with Gasteiger partial charge >= 0.3 is 0 Å². The van der Waals surface area contributed by atoms with Gasteiger partial charge in [0, 0.05) is 25.5 Å². The SMILES string of the molecule is CCNC(=NCCC1=CCCC1)N(C)Cc1csc(C)n1. The van der Waals surface area contributed by atoms with E-state index < -0.39 is 0 Å².